The highest BCUT2D eigenvalue weighted by Gasteiger charge is 2.23. The molecule has 1 saturated heterocycles. The van der Waals surface area contributed by atoms with Gasteiger partial charge in [0.1, 0.15) is 5.82 Å². The Hall–Kier alpha value is -2.96. The van der Waals surface area contributed by atoms with Crippen molar-refractivity contribution in [2.45, 2.75) is 38.6 Å². The van der Waals surface area contributed by atoms with E-state index in [0.717, 1.165) is 30.5 Å². The van der Waals surface area contributed by atoms with Crippen LogP contribution in [-0.4, -0.2) is 46.4 Å². The van der Waals surface area contributed by atoms with Crippen molar-refractivity contribution in [3.63, 3.8) is 0 Å². The molecule has 31 heavy (non-hydrogen) atoms. The smallest absolute Gasteiger partial charge is 0.220 e. The summed E-state index contributed by atoms with van der Waals surface area (Å²) in [6, 6.07) is 8.86. The van der Waals surface area contributed by atoms with E-state index >= 15 is 0 Å². The normalized spacial score (nSPS) is 16.0. The van der Waals surface area contributed by atoms with Crippen LogP contribution >= 0.6 is 0 Å². The highest BCUT2D eigenvalue weighted by molar-refractivity contribution is 5.76. The van der Waals surface area contributed by atoms with Crippen LogP contribution in [0.25, 0.3) is 0 Å². The quantitative estimate of drug-likeness (QED) is 0.689. The number of carbonyl (C=O) groups is 1. The number of nitrogens with zero attached hydrogens (tertiary/aromatic N) is 1. The van der Waals surface area contributed by atoms with Crippen LogP contribution in [0.2, 0.25) is 0 Å². The maximum absolute atomic E-state index is 14.3. The molecule has 0 bridgehead atoms. The number of hydrogen-bond donors (Lipinski definition) is 1. The van der Waals surface area contributed by atoms with Crippen LogP contribution < -0.4 is 24.4 Å². The molecular formula is C24H31FN2O4. The summed E-state index contributed by atoms with van der Waals surface area (Å²) < 4.78 is 30.4. The predicted octanol–water partition coefficient (Wildman–Crippen LogP) is 3.88. The molecule has 3 rings (SSSR count). The van der Waals surface area contributed by atoms with E-state index in [1.54, 1.807) is 27.4 Å². The second-order valence-electron chi connectivity index (χ2n) is 7.84. The van der Waals surface area contributed by atoms with Gasteiger partial charge in [0.15, 0.2) is 11.5 Å². The minimum atomic E-state index is -0.222. The highest BCUT2D eigenvalue weighted by Crippen LogP contribution is 2.38. The minimum Gasteiger partial charge on any atom is -0.493 e. The third-order valence-electron chi connectivity index (χ3n) is 5.59. The van der Waals surface area contributed by atoms with Crippen LogP contribution in [-0.2, 0) is 11.2 Å². The standard InChI is InChI=1S/C24H31FN2O4/c1-16-7-9-19(25)20(12-16)27-11-5-6-18(15-27)26-23(28)10-8-17-13-21(29-2)24(31-4)22(14-17)30-3/h7,9,12-14,18H,5-6,8,10-11,15H2,1-4H3,(H,26,28). The fourth-order valence-electron chi connectivity index (χ4n) is 4.02. The first-order valence-corrected chi connectivity index (χ1v) is 10.5. The van der Waals surface area contributed by atoms with E-state index in [1.165, 1.54) is 6.07 Å². The van der Waals surface area contributed by atoms with Crippen molar-refractivity contribution in [1.82, 2.24) is 5.32 Å². The van der Waals surface area contributed by atoms with E-state index in [-0.39, 0.29) is 17.8 Å². The molecule has 168 valence electrons. The molecule has 2 aromatic carbocycles. The van der Waals surface area contributed by atoms with Gasteiger partial charge in [0, 0.05) is 25.6 Å². The summed E-state index contributed by atoms with van der Waals surface area (Å²) in [5.74, 6) is 1.43. The van der Waals surface area contributed by atoms with Gasteiger partial charge in [-0.1, -0.05) is 6.07 Å². The second-order valence-corrected chi connectivity index (χ2v) is 7.84. The molecule has 7 heteroatoms. The van der Waals surface area contributed by atoms with Crippen LogP contribution in [0, 0.1) is 12.7 Å². The van der Waals surface area contributed by atoms with Gasteiger partial charge in [0.05, 0.1) is 27.0 Å². The van der Waals surface area contributed by atoms with E-state index in [2.05, 4.69) is 5.32 Å². The molecule has 1 aliphatic rings. The van der Waals surface area contributed by atoms with E-state index in [1.807, 2.05) is 30.0 Å². The van der Waals surface area contributed by atoms with Gasteiger partial charge >= 0.3 is 0 Å². The number of anilines is 1. The maximum Gasteiger partial charge on any atom is 0.220 e. The van der Waals surface area contributed by atoms with Gasteiger partial charge in [-0.3, -0.25) is 4.79 Å². The molecule has 0 radical (unpaired) electrons. The number of ether oxygens (including phenoxy) is 3. The Morgan fingerprint density at radius 3 is 2.48 bits per heavy atom. The fraction of sp³-hybridized carbons (Fsp3) is 0.458. The average molecular weight is 431 g/mol. The number of benzene rings is 2. The first kappa shape index (κ1) is 22.7. The Balaban J connectivity index is 1.59. The summed E-state index contributed by atoms with van der Waals surface area (Å²) in [6.07, 6.45) is 2.69. The van der Waals surface area contributed by atoms with Gasteiger partial charge < -0.3 is 24.4 Å². The lowest BCUT2D eigenvalue weighted by Crippen LogP contribution is -2.48. The molecule has 1 fully saturated rings. The maximum atomic E-state index is 14.3. The lowest BCUT2D eigenvalue weighted by molar-refractivity contribution is -0.121. The van der Waals surface area contributed by atoms with Crippen molar-refractivity contribution in [3.8, 4) is 17.2 Å². The summed E-state index contributed by atoms with van der Waals surface area (Å²) >= 11 is 0. The van der Waals surface area contributed by atoms with E-state index < -0.39 is 0 Å². The Morgan fingerprint density at radius 2 is 1.84 bits per heavy atom. The third kappa shape index (κ3) is 5.60. The molecular weight excluding hydrogens is 399 g/mol. The summed E-state index contributed by atoms with van der Waals surface area (Å²) in [5.41, 5.74) is 2.56. The number of nitrogens with one attached hydrogen (secondary N) is 1. The molecule has 0 aliphatic carbocycles. The molecule has 2 aromatic rings. The molecule has 1 amide bonds. The first-order chi connectivity index (χ1) is 14.9. The van der Waals surface area contributed by atoms with Crippen molar-refractivity contribution in [3.05, 3.63) is 47.3 Å². The number of piperidine rings is 1. The summed E-state index contributed by atoms with van der Waals surface area (Å²) in [6.45, 7) is 3.35. The van der Waals surface area contributed by atoms with Crippen molar-refractivity contribution < 1.29 is 23.4 Å². The molecule has 1 heterocycles. The van der Waals surface area contributed by atoms with Crippen LogP contribution in [0.1, 0.15) is 30.4 Å². The van der Waals surface area contributed by atoms with E-state index in [0.29, 0.717) is 42.3 Å². The number of carbonyl (C=O) groups excluding carboxylic acids is 1. The number of hydrogen-bond acceptors (Lipinski definition) is 5. The third-order valence-corrected chi connectivity index (χ3v) is 5.59. The lowest BCUT2D eigenvalue weighted by atomic mass is 10.0. The topological polar surface area (TPSA) is 60.0 Å². The molecule has 1 unspecified atom stereocenters. The van der Waals surface area contributed by atoms with Crippen LogP contribution in [0.3, 0.4) is 0 Å². The molecule has 0 aromatic heterocycles. The van der Waals surface area contributed by atoms with Crippen LogP contribution in [0.15, 0.2) is 30.3 Å². The Labute approximate surface area is 183 Å². The zero-order valence-corrected chi connectivity index (χ0v) is 18.7. The first-order valence-electron chi connectivity index (χ1n) is 10.5. The minimum absolute atomic E-state index is 0.00102. The van der Waals surface area contributed by atoms with Gasteiger partial charge in [0.2, 0.25) is 11.7 Å². The van der Waals surface area contributed by atoms with Crippen molar-refractivity contribution in [1.29, 1.82) is 0 Å². The monoisotopic (exact) mass is 430 g/mol. The summed E-state index contributed by atoms with van der Waals surface area (Å²) in [5, 5.41) is 3.11. The van der Waals surface area contributed by atoms with Gasteiger partial charge in [-0.2, -0.15) is 0 Å². The zero-order chi connectivity index (χ0) is 22.4. The van der Waals surface area contributed by atoms with Gasteiger partial charge in [-0.05, 0) is 61.6 Å². The largest absolute Gasteiger partial charge is 0.493 e. The molecule has 0 saturated carbocycles. The number of halogens is 1. The highest BCUT2D eigenvalue weighted by atomic mass is 19.1. The lowest BCUT2D eigenvalue weighted by Gasteiger charge is -2.35. The number of aryl methyl sites for hydroxylation is 2. The molecule has 6 nitrogen and oxygen atoms in total. The SMILES string of the molecule is COc1cc(CCC(=O)NC2CCCN(c3cc(C)ccc3F)C2)cc(OC)c1OC. The van der Waals surface area contributed by atoms with E-state index in [4.69, 9.17) is 14.2 Å². The summed E-state index contributed by atoms with van der Waals surface area (Å²) in [4.78, 5) is 14.6. The Kier molecular flexibility index (Phi) is 7.60. The average Bonchev–Trinajstić information content (AvgIpc) is 2.78. The van der Waals surface area contributed by atoms with Gasteiger partial charge in [0.25, 0.3) is 0 Å². The molecule has 0 spiro atoms. The second kappa shape index (κ2) is 10.4. The van der Waals surface area contributed by atoms with Crippen molar-refractivity contribution >= 4 is 11.6 Å². The van der Waals surface area contributed by atoms with Crippen LogP contribution in [0.5, 0.6) is 17.2 Å². The van der Waals surface area contributed by atoms with E-state index in [9.17, 15) is 9.18 Å². The van der Waals surface area contributed by atoms with Gasteiger partial charge in [-0.15, -0.1) is 0 Å². The Morgan fingerprint density at radius 1 is 1.13 bits per heavy atom. The van der Waals surface area contributed by atoms with Gasteiger partial charge in [-0.25, -0.2) is 4.39 Å². The van der Waals surface area contributed by atoms with Crippen LogP contribution in [0.4, 0.5) is 10.1 Å². The number of methoxy groups -OCH3 is 3. The van der Waals surface area contributed by atoms with Crippen molar-refractivity contribution in [2.75, 3.05) is 39.3 Å². The zero-order valence-electron chi connectivity index (χ0n) is 18.7. The van der Waals surface area contributed by atoms with Crippen molar-refractivity contribution in [2.24, 2.45) is 0 Å². The predicted molar refractivity (Wildman–Crippen MR) is 119 cm³/mol. The molecule has 1 N–H and O–H groups in total. The number of rotatable bonds is 8. The summed E-state index contributed by atoms with van der Waals surface area (Å²) in [7, 11) is 4.70. The fourth-order valence-corrected chi connectivity index (χ4v) is 4.02. The number of amides is 1. The molecule has 1 aliphatic heterocycles. The molecule has 1 atom stereocenters. The Bertz CT molecular complexity index is 893.